The molecule has 2 aliphatic heterocycles. The summed E-state index contributed by atoms with van der Waals surface area (Å²) in [5.74, 6) is -1.40. The van der Waals surface area contributed by atoms with Gasteiger partial charge in [-0.3, -0.25) is 24.2 Å². The molecule has 11 heteroatoms. The van der Waals surface area contributed by atoms with E-state index < -0.39 is 23.9 Å². The van der Waals surface area contributed by atoms with Crippen LogP contribution in [0.25, 0.3) is 0 Å². The van der Waals surface area contributed by atoms with Crippen molar-refractivity contribution in [1.29, 1.82) is 0 Å². The molecule has 0 radical (unpaired) electrons. The van der Waals surface area contributed by atoms with E-state index in [1.54, 1.807) is 34.8 Å². The molecular weight excluding hydrogens is 414 g/mol. The van der Waals surface area contributed by atoms with Crippen LogP contribution in [0.5, 0.6) is 0 Å². The molecule has 2 N–H and O–H groups in total. The Bertz CT molecular complexity index is 1020. The van der Waals surface area contributed by atoms with E-state index in [0.29, 0.717) is 18.7 Å². The molecule has 4 heterocycles. The summed E-state index contributed by atoms with van der Waals surface area (Å²) in [6.07, 6.45) is 7.25. The van der Waals surface area contributed by atoms with Crippen LogP contribution < -0.4 is 10.6 Å². The number of piperidine rings is 1. The van der Waals surface area contributed by atoms with E-state index in [1.165, 1.54) is 23.5 Å². The fraction of sp³-hybridized carbons (Fsp3) is 0.429. The van der Waals surface area contributed by atoms with Crippen molar-refractivity contribution >= 4 is 23.6 Å². The first kappa shape index (κ1) is 21.5. The number of aryl methyl sites for hydroxylation is 1. The van der Waals surface area contributed by atoms with Gasteiger partial charge in [-0.15, -0.1) is 0 Å². The van der Waals surface area contributed by atoms with E-state index in [-0.39, 0.29) is 37.1 Å². The Labute approximate surface area is 184 Å². The minimum absolute atomic E-state index is 0.0101. The molecule has 32 heavy (non-hydrogen) atoms. The van der Waals surface area contributed by atoms with Crippen LogP contribution in [0.2, 0.25) is 0 Å². The molecule has 2 aromatic rings. The van der Waals surface area contributed by atoms with Gasteiger partial charge in [-0.25, -0.2) is 4.98 Å². The third-order valence-corrected chi connectivity index (χ3v) is 5.78. The van der Waals surface area contributed by atoms with Crippen LogP contribution in [0.4, 0.5) is 0 Å². The van der Waals surface area contributed by atoms with Crippen LogP contribution in [-0.4, -0.2) is 86.2 Å². The number of carbonyl (C=O) groups excluding carboxylic acids is 4. The SMILES string of the molecule is Cn1cccc1C(=O)N1CCN(C(=O)c2cnccn2)[C@H](C(=O)N[C@@H]2CCCNC2=O)C1. The fourth-order valence-electron chi connectivity index (χ4n) is 4.01. The van der Waals surface area contributed by atoms with E-state index in [9.17, 15) is 19.2 Å². The predicted molar refractivity (Wildman–Crippen MR) is 112 cm³/mol. The third kappa shape index (κ3) is 4.32. The highest BCUT2D eigenvalue weighted by molar-refractivity contribution is 5.98. The minimum atomic E-state index is -0.961. The summed E-state index contributed by atoms with van der Waals surface area (Å²) in [4.78, 5) is 62.4. The van der Waals surface area contributed by atoms with E-state index in [1.807, 2.05) is 0 Å². The van der Waals surface area contributed by atoms with Gasteiger partial charge in [0.1, 0.15) is 23.5 Å². The smallest absolute Gasteiger partial charge is 0.274 e. The number of rotatable bonds is 4. The maximum absolute atomic E-state index is 13.2. The predicted octanol–water partition coefficient (Wildman–Crippen LogP) is -0.823. The standard InChI is InChI=1S/C21H25N7O4/c1-26-9-3-5-16(26)21(32)27-10-11-28(20(31)15-12-22-7-8-23-15)17(13-27)19(30)25-14-4-2-6-24-18(14)29/h3,5,7-9,12,14,17H,2,4,6,10-11,13H2,1H3,(H,24,29)(H,25,30)/t14-,17+/m1/s1. The molecule has 0 aromatic carbocycles. The monoisotopic (exact) mass is 439 g/mol. The fourth-order valence-corrected chi connectivity index (χ4v) is 4.01. The minimum Gasteiger partial charge on any atom is -0.354 e. The number of carbonyl (C=O) groups is 4. The Kier molecular flexibility index (Phi) is 6.15. The van der Waals surface area contributed by atoms with Crippen molar-refractivity contribution in [1.82, 2.24) is 35.0 Å². The van der Waals surface area contributed by atoms with Crippen LogP contribution in [0.15, 0.2) is 36.9 Å². The summed E-state index contributed by atoms with van der Waals surface area (Å²) in [6, 6.07) is 1.86. The molecule has 2 aromatic heterocycles. The van der Waals surface area contributed by atoms with Crippen molar-refractivity contribution in [3.05, 3.63) is 48.3 Å². The number of piperazine rings is 1. The largest absolute Gasteiger partial charge is 0.354 e. The number of hydrogen-bond acceptors (Lipinski definition) is 6. The topological polar surface area (TPSA) is 130 Å². The van der Waals surface area contributed by atoms with Crippen LogP contribution >= 0.6 is 0 Å². The highest BCUT2D eigenvalue weighted by Crippen LogP contribution is 2.17. The Morgan fingerprint density at radius 2 is 2.03 bits per heavy atom. The molecule has 0 aliphatic carbocycles. The normalized spacial score (nSPS) is 21.1. The lowest BCUT2D eigenvalue weighted by Gasteiger charge is -2.40. The number of hydrogen-bond donors (Lipinski definition) is 2. The molecule has 2 fully saturated rings. The van der Waals surface area contributed by atoms with E-state index in [4.69, 9.17) is 0 Å². The van der Waals surface area contributed by atoms with Crippen molar-refractivity contribution < 1.29 is 19.2 Å². The summed E-state index contributed by atoms with van der Waals surface area (Å²) in [5.41, 5.74) is 0.604. The summed E-state index contributed by atoms with van der Waals surface area (Å²) in [6.45, 7) is 1.01. The molecule has 4 rings (SSSR count). The van der Waals surface area contributed by atoms with Gasteiger partial charge in [0.25, 0.3) is 11.8 Å². The van der Waals surface area contributed by atoms with E-state index in [0.717, 1.165) is 6.42 Å². The van der Waals surface area contributed by atoms with Gasteiger partial charge in [-0.2, -0.15) is 0 Å². The summed E-state index contributed by atoms with van der Waals surface area (Å²) in [7, 11) is 1.77. The Morgan fingerprint density at radius 1 is 1.19 bits per heavy atom. The van der Waals surface area contributed by atoms with Gasteiger partial charge < -0.3 is 25.0 Å². The first-order valence-corrected chi connectivity index (χ1v) is 10.5. The number of aromatic nitrogens is 3. The average Bonchev–Trinajstić information content (AvgIpc) is 3.25. The Balaban J connectivity index is 1.56. The van der Waals surface area contributed by atoms with Crippen molar-refractivity contribution in [3.8, 4) is 0 Å². The second-order valence-corrected chi connectivity index (χ2v) is 7.85. The van der Waals surface area contributed by atoms with Crippen molar-refractivity contribution in [2.75, 3.05) is 26.2 Å². The number of nitrogens with one attached hydrogen (secondary N) is 2. The maximum atomic E-state index is 13.2. The second kappa shape index (κ2) is 9.16. The Morgan fingerprint density at radius 3 is 2.72 bits per heavy atom. The molecule has 0 bridgehead atoms. The number of nitrogens with zero attached hydrogens (tertiary/aromatic N) is 5. The zero-order valence-electron chi connectivity index (χ0n) is 17.7. The van der Waals surface area contributed by atoms with Crippen molar-refractivity contribution in [2.45, 2.75) is 24.9 Å². The average molecular weight is 439 g/mol. The molecule has 2 atom stereocenters. The lowest BCUT2D eigenvalue weighted by Crippen LogP contribution is -2.63. The van der Waals surface area contributed by atoms with Gasteiger partial charge in [0.2, 0.25) is 11.8 Å². The molecule has 4 amide bonds. The van der Waals surface area contributed by atoms with Crippen LogP contribution in [-0.2, 0) is 16.6 Å². The molecule has 11 nitrogen and oxygen atoms in total. The lowest BCUT2D eigenvalue weighted by molar-refractivity contribution is -0.133. The lowest BCUT2D eigenvalue weighted by atomic mass is 10.0. The zero-order valence-corrected chi connectivity index (χ0v) is 17.7. The summed E-state index contributed by atoms with van der Waals surface area (Å²) in [5, 5.41) is 5.49. The van der Waals surface area contributed by atoms with E-state index in [2.05, 4.69) is 20.6 Å². The quantitative estimate of drug-likeness (QED) is 0.640. The van der Waals surface area contributed by atoms with Crippen molar-refractivity contribution in [2.24, 2.45) is 7.05 Å². The van der Waals surface area contributed by atoms with Gasteiger partial charge in [0.05, 0.1) is 12.7 Å². The van der Waals surface area contributed by atoms with Gasteiger partial charge in [-0.1, -0.05) is 0 Å². The molecule has 0 saturated carbocycles. The van der Waals surface area contributed by atoms with Gasteiger partial charge >= 0.3 is 0 Å². The van der Waals surface area contributed by atoms with Gasteiger partial charge in [0, 0.05) is 45.3 Å². The second-order valence-electron chi connectivity index (χ2n) is 7.85. The van der Waals surface area contributed by atoms with E-state index >= 15 is 0 Å². The zero-order chi connectivity index (χ0) is 22.7. The molecule has 0 spiro atoms. The van der Waals surface area contributed by atoms with Gasteiger partial charge in [-0.05, 0) is 25.0 Å². The van der Waals surface area contributed by atoms with Crippen LogP contribution in [0, 0.1) is 0 Å². The molecule has 2 saturated heterocycles. The molecule has 0 unspecified atom stereocenters. The van der Waals surface area contributed by atoms with Crippen molar-refractivity contribution in [3.63, 3.8) is 0 Å². The first-order chi connectivity index (χ1) is 15.5. The highest BCUT2D eigenvalue weighted by atomic mass is 16.2. The molecular formula is C21H25N7O4. The summed E-state index contributed by atoms with van der Waals surface area (Å²) < 4.78 is 1.71. The van der Waals surface area contributed by atoms with Crippen LogP contribution in [0.1, 0.15) is 33.8 Å². The third-order valence-electron chi connectivity index (χ3n) is 5.78. The number of amides is 4. The molecule has 2 aliphatic rings. The Hall–Kier alpha value is -3.76. The van der Waals surface area contributed by atoms with Gasteiger partial charge in [0.15, 0.2) is 0 Å². The first-order valence-electron chi connectivity index (χ1n) is 10.5. The van der Waals surface area contributed by atoms with Crippen LogP contribution in [0.3, 0.4) is 0 Å². The maximum Gasteiger partial charge on any atom is 0.274 e. The molecule has 168 valence electrons. The highest BCUT2D eigenvalue weighted by Gasteiger charge is 2.39. The summed E-state index contributed by atoms with van der Waals surface area (Å²) >= 11 is 0.